The molecule has 0 saturated carbocycles. The molecule has 1 aromatic rings. The normalized spacial score (nSPS) is 13.9. The average Bonchev–Trinajstić information content (AvgIpc) is 3.14. The summed E-state index contributed by atoms with van der Waals surface area (Å²) in [6.07, 6.45) is 8.38. The number of carboxylic acids is 1. The summed E-state index contributed by atoms with van der Waals surface area (Å²) >= 11 is 0. The van der Waals surface area contributed by atoms with Crippen molar-refractivity contribution in [3.8, 4) is 12.8 Å². The molecule has 11 heteroatoms. The number of hydrogen-bond donors (Lipinski definition) is 5. The van der Waals surface area contributed by atoms with E-state index in [2.05, 4.69) is 33.6 Å². The Hall–Kier alpha value is -2.97. The van der Waals surface area contributed by atoms with Crippen LogP contribution >= 0.6 is 0 Å². The highest BCUT2D eigenvalue weighted by molar-refractivity contribution is 5.82. The lowest BCUT2D eigenvalue weighted by Gasteiger charge is -2.16. The molecule has 0 aliphatic carbocycles. The molecule has 2 amide bonds. The number of rotatable bonds is 8. The van der Waals surface area contributed by atoms with Crippen LogP contribution in [0.25, 0.3) is 0 Å². The molecule has 158 valence electrons. The zero-order chi connectivity index (χ0) is 22.3. The number of nitrogens with one attached hydrogen (secondary N) is 2. The number of hydrogen-bond acceptors (Lipinski definition) is 8. The van der Waals surface area contributed by atoms with Crippen molar-refractivity contribution in [2.75, 3.05) is 0 Å². The van der Waals surface area contributed by atoms with Gasteiger partial charge in [0.25, 0.3) is 0 Å². The largest absolute Gasteiger partial charge is 0.480 e. The lowest BCUT2D eigenvalue weighted by Crippen LogP contribution is -2.51. The molecular weight excluding hydrogens is 370 g/mol. The van der Waals surface area contributed by atoms with E-state index in [1.54, 1.807) is 0 Å². The van der Waals surface area contributed by atoms with E-state index in [4.69, 9.17) is 20.2 Å². The third-order valence-electron chi connectivity index (χ3n) is 3.47. The van der Waals surface area contributed by atoms with Crippen molar-refractivity contribution in [3.63, 3.8) is 0 Å². The maximum absolute atomic E-state index is 11.6. The first kappa shape index (κ1) is 27.3. The fourth-order valence-electron chi connectivity index (χ4n) is 1.72. The van der Waals surface area contributed by atoms with E-state index in [0.29, 0.717) is 5.82 Å². The zero-order valence-electron chi connectivity index (χ0n) is 16.5. The Labute approximate surface area is 164 Å². The van der Waals surface area contributed by atoms with Crippen LogP contribution in [0.4, 0.5) is 4.79 Å². The summed E-state index contributed by atoms with van der Waals surface area (Å²) in [5.74, 6) is -0.657. The van der Waals surface area contributed by atoms with E-state index in [9.17, 15) is 14.7 Å². The molecular formula is C17H29N5O6. The number of urea groups is 1. The number of carboxylic acid groups (broad SMARTS) is 1. The molecule has 1 heterocycles. The minimum atomic E-state index is -1.41. The van der Waals surface area contributed by atoms with Gasteiger partial charge in [-0.05, 0) is 19.8 Å². The topological polar surface area (TPSA) is 181 Å². The van der Waals surface area contributed by atoms with Gasteiger partial charge < -0.3 is 35.9 Å². The number of aliphatic carboxylic acids is 1. The third-order valence-corrected chi connectivity index (χ3v) is 3.47. The fourth-order valence-corrected chi connectivity index (χ4v) is 1.72. The molecule has 0 saturated heterocycles. The molecule has 0 radical (unpaired) electrons. The van der Waals surface area contributed by atoms with E-state index >= 15 is 0 Å². The number of nitrogens with zero attached hydrogens (tertiary/aromatic N) is 2. The Kier molecular flexibility index (Phi) is 14.7. The summed E-state index contributed by atoms with van der Waals surface area (Å²) in [4.78, 5) is 35.4. The number of aldehydes is 1. The van der Waals surface area contributed by atoms with E-state index in [1.165, 1.54) is 13.8 Å². The molecule has 4 atom stereocenters. The van der Waals surface area contributed by atoms with Crippen molar-refractivity contribution >= 4 is 18.3 Å². The Morgan fingerprint density at radius 2 is 1.89 bits per heavy atom. The number of carbonyl (C=O) groups is 3. The Morgan fingerprint density at radius 1 is 1.36 bits per heavy atom. The highest BCUT2D eigenvalue weighted by atomic mass is 16.5. The quantitative estimate of drug-likeness (QED) is 0.301. The van der Waals surface area contributed by atoms with Crippen LogP contribution in [0.2, 0.25) is 0 Å². The monoisotopic (exact) mass is 399 g/mol. The van der Waals surface area contributed by atoms with Crippen LogP contribution in [0.1, 0.15) is 51.9 Å². The Balaban J connectivity index is 0. The van der Waals surface area contributed by atoms with Crippen molar-refractivity contribution in [1.82, 2.24) is 20.8 Å². The van der Waals surface area contributed by atoms with E-state index < -0.39 is 24.1 Å². The Bertz CT molecular complexity index is 616. The molecule has 0 bridgehead atoms. The molecule has 4 unspecified atom stereocenters. The van der Waals surface area contributed by atoms with Gasteiger partial charge in [0.1, 0.15) is 6.29 Å². The summed E-state index contributed by atoms with van der Waals surface area (Å²) in [7, 11) is 0. The maximum atomic E-state index is 11.6. The van der Waals surface area contributed by atoms with Crippen molar-refractivity contribution in [2.24, 2.45) is 11.7 Å². The summed E-state index contributed by atoms with van der Waals surface area (Å²) in [6.45, 7) is 6.59. The number of carbonyl (C=O) groups excluding carboxylic acids is 2. The van der Waals surface area contributed by atoms with Gasteiger partial charge in [0.2, 0.25) is 5.89 Å². The zero-order valence-corrected chi connectivity index (χ0v) is 16.5. The number of amides is 2. The lowest BCUT2D eigenvalue weighted by molar-refractivity contribution is -0.141. The summed E-state index contributed by atoms with van der Waals surface area (Å²) in [5.41, 5.74) is 5.97. The van der Waals surface area contributed by atoms with Crippen LogP contribution in [0.3, 0.4) is 0 Å². The second-order valence-corrected chi connectivity index (χ2v) is 5.58. The Morgan fingerprint density at radius 3 is 2.32 bits per heavy atom. The van der Waals surface area contributed by atoms with Crippen molar-refractivity contribution < 1.29 is 29.1 Å². The van der Waals surface area contributed by atoms with Crippen LogP contribution < -0.4 is 16.4 Å². The molecule has 6 N–H and O–H groups in total. The highest BCUT2D eigenvalue weighted by Crippen LogP contribution is 2.18. The van der Waals surface area contributed by atoms with Crippen LogP contribution in [-0.4, -0.2) is 50.8 Å². The highest BCUT2D eigenvalue weighted by Gasteiger charge is 2.25. The molecule has 0 aromatic carbocycles. The first-order chi connectivity index (χ1) is 13.2. The first-order valence-corrected chi connectivity index (χ1v) is 8.44. The number of terminal acetylenes is 1. The molecule has 1 rings (SSSR count). The van der Waals surface area contributed by atoms with Gasteiger partial charge in [-0.2, -0.15) is 4.98 Å². The van der Waals surface area contributed by atoms with E-state index in [-0.39, 0.29) is 24.4 Å². The minimum Gasteiger partial charge on any atom is -0.480 e. The molecule has 0 spiro atoms. The second-order valence-electron chi connectivity index (χ2n) is 5.58. The number of aliphatic hydroxyl groups is 1. The fraction of sp³-hybridized carbons (Fsp3) is 0.588. The molecule has 0 aliphatic rings. The lowest BCUT2D eigenvalue weighted by atomic mass is 10.00. The average molecular weight is 399 g/mol. The molecule has 1 aromatic heterocycles. The van der Waals surface area contributed by atoms with E-state index in [0.717, 1.165) is 12.7 Å². The summed E-state index contributed by atoms with van der Waals surface area (Å²) < 4.78 is 4.98. The smallest absolute Gasteiger partial charge is 0.328 e. The number of aliphatic hydroxyl groups excluding tert-OH is 1. The van der Waals surface area contributed by atoms with Crippen LogP contribution in [0, 0.1) is 18.8 Å². The first-order valence-electron chi connectivity index (χ1n) is 8.44. The van der Waals surface area contributed by atoms with Gasteiger partial charge in [0.05, 0.1) is 18.7 Å². The van der Waals surface area contributed by atoms with Gasteiger partial charge in [0.15, 0.2) is 11.9 Å². The van der Waals surface area contributed by atoms with E-state index in [1.807, 2.05) is 13.8 Å². The van der Waals surface area contributed by atoms with Crippen LogP contribution in [0.15, 0.2) is 4.52 Å². The van der Waals surface area contributed by atoms with Crippen molar-refractivity contribution in [2.45, 2.75) is 58.8 Å². The number of aromatic nitrogens is 2. The molecule has 28 heavy (non-hydrogen) atoms. The molecule has 0 aliphatic heterocycles. The van der Waals surface area contributed by atoms with Gasteiger partial charge in [0, 0.05) is 0 Å². The number of nitrogens with two attached hydrogens (primary N) is 1. The minimum absolute atomic E-state index is 0.0851. The van der Waals surface area contributed by atoms with Crippen molar-refractivity contribution in [1.29, 1.82) is 0 Å². The predicted octanol–water partition coefficient (Wildman–Crippen LogP) is 0.203. The summed E-state index contributed by atoms with van der Waals surface area (Å²) in [6, 6.07) is -2.55. The van der Waals surface area contributed by atoms with Gasteiger partial charge in [-0.25, -0.2) is 9.59 Å². The SMILES string of the molecule is C#C.CC=O.CCC(C)C(N)c1noc(CNC(=O)NC(C(=O)O)C(C)O)n1. The molecule has 11 nitrogen and oxygen atoms in total. The maximum Gasteiger partial charge on any atom is 0.328 e. The predicted molar refractivity (Wildman–Crippen MR) is 101 cm³/mol. The standard InChI is InChI=1S/C13H23N5O5.C2H4O.C2H2/c1-4-6(2)9(14)11-16-8(23-18-11)5-15-13(22)17-10(7(3)19)12(20)21;1-2-3;1-2/h6-7,9-10,19H,4-5,14H2,1-3H3,(H,20,21)(H2,15,17,22);2H,1H3;1-2H. The van der Waals surface area contributed by atoms with Crippen LogP contribution in [-0.2, 0) is 16.1 Å². The van der Waals surface area contributed by atoms with Gasteiger partial charge in [-0.3, -0.25) is 0 Å². The summed E-state index contributed by atoms with van der Waals surface area (Å²) in [5, 5.41) is 26.4. The second kappa shape index (κ2) is 15.1. The van der Waals surface area contributed by atoms with Gasteiger partial charge in [-0.15, -0.1) is 12.8 Å². The van der Waals surface area contributed by atoms with Crippen LogP contribution in [0.5, 0.6) is 0 Å². The third kappa shape index (κ3) is 10.2. The molecule has 0 fully saturated rings. The van der Waals surface area contributed by atoms with Gasteiger partial charge >= 0.3 is 12.0 Å². The van der Waals surface area contributed by atoms with Gasteiger partial charge in [-0.1, -0.05) is 25.4 Å². The van der Waals surface area contributed by atoms with Crippen molar-refractivity contribution in [3.05, 3.63) is 11.7 Å².